The molecule has 1 aliphatic rings. The number of nitrogens with two attached hydrogens (primary N) is 1. The van der Waals surface area contributed by atoms with E-state index in [1.165, 1.54) is 0 Å². The molecular weight excluding hydrogens is 257 g/mol. The van der Waals surface area contributed by atoms with Gasteiger partial charge in [0, 0.05) is 22.6 Å². The Labute approximate surface area is 77.6 Å². The summed E-state index contributed by atoms with van der Waals surface area (Å²) in [5.41, 5.74) is 6.25. The number of benzene rings is 1. The van der Waals surface area contributed by atoms with Gasteiger partial charge in [-0.1, -0.05) is 6.07 Å². The standard InChI is InChI=1S/C7H6INO2/c8-7-10-5-3-1-2-4(9)6(5)11-7/h1-3,7H,9H2. The fourth-order valence-electron chi connectivity index (χ4n) is 0.968. The second kappa shape index (κ2) is 2.44. The van der Waals surface area contributed by atoms with Gasteiger partial charge in [-0.15, -0.1) is 0 Å². The van der Waals surface area contributed by atoms with Gasteiger partial charge in [-0.3, -0.25) is 0 Å². The van der Waals surface area contributed by atoms with Crippen LogP contribution < -0.4 is 15.2 Å². The monoisotopic (exact) mass is 263 g/mol. The van der Waals surface area contributed by atoms with Gasteiger partial charge in [0.2, 0.25) is 0 Å². The summed E-state index contributed by atoms with van der Waals surface area (Å²) >= 11 is 2.04. The third-order valence-corrected chi connectivity index (χ3v) is 1.95. The highest BCUT2D eigenvalue weighted by Gasteiger charge is 2.22. The molecule has 0 saturated carbocycles. The maximum Gasteiger partial charge on any atom is 0.293 e. The smallest absolute Gasteiger partial charge is 0.293 e. The molecule has 3 nitrogen and oxygen atoms in total. The molecule has 1 unspecified atom stereocenters. The summed E-state index contributed by atoms with van der Waals surface area (Å²) in [6.45, 7) is 0. The quantitative estimate of drug-likeness (QED) is 0.440. The molecule has 0 aliphatic carbocycles. The van der Waals surface area contributed by atoms with Crippen LogP contribution in [0.3, 0.4) is 0 Å². The zero-order valence-corrected chi connectivity index (χ0v) is 7.74. The Morgan fingerprint density at radius 1 is 1.36 bits per heavy atom. The van der Waals surface area contributed by atoms with Crippen LogP contribution in [0.5, 0.6) is 11.5 Å². The normalized spacial score (nSPS) is 20.3. The van der Waals surface area contributed by atoms with Crippen molar-refractivity contribution in [1.82, 2.24) is 0 Å². The molecular formula is C7H6INO2. The summed E-state index contributed by atoms with van der Waals surface area (Å²) in [5, 5.41) is 0. The van der Waals surface area contributed by atoms with Gasteiger partial charge >= 0.3 is 0 Å². The highest BCUT2D eigenvalue weighted by atomic mass is 127. The van der Waals surface area contributed by atoms with E-state index in [1.54, 1.807) is 6.07 Å². The Hall–Kier alpha value is -0.650. The van der Waals surface area contributed by atoms with Gasteiger partial charge in [-0.05, 0) is 12.1 Å². The lowest BCUT2D eigenvalue weighted by Crippen LogP contribution is -2.07. The molecule has 0 aromatic heterocycles. The molecule has 11 heavy (non-hydrogen) atoms. The topological polar surface area (TPSA) is 44.5 Å². The largest absolute Gasteiger partial charge is 0.442 e. The van der Waals surface area contributed by atoms with Gasteiger partial charge in [-0.25, -0.2) is 0 Å². The number of hydrogen-bond acceptors (Lipinski definition) is 3. The van der Waals surface area contributed by atoms with E-state index < -0.39 is 0 Å². The predicted octanol–water partition coefficient (Wildman–Crippen LogP) is 1.76. The van der Waals surface area contributed by atoms with Crippen molar-refractivity contribution in [3.8, 4) is 11.5 Å². The Kier molecular flexibility index (Phi) is 1.56. The maximum absolute atomic E-state index is 5.63. The Morgan fingerprint density at radius 3 is 2.91 bits per heavy atom. The zero-order chi connectivity index (χ0) is 7.84. The lowest BCUT2D eigenvalue weighted by Gasteiger charge is -1.99. The molecule has 0 saturated heterocycles. The number of para-hydroxylation sites is 1. The van der Waals surface area contributed by atoms with Gasteiger partial charge < -0.3 is 15.2 Å². The van der Waals surface area contributed by atoms with Crippen molar-refractivity contribution in [2.45, 2.75) is 4.30 Å². The number of alkyl halides is 1. The molecule has 1 aliphatic heterocycles. The molecule has 58 valence electrons. The maximum atomic E-state index is 5.63. The van der Waals surface area contributed by atoms with E-state index in [9.17, 15) is 0 Å². The molecule has 0 spiro atoms. The average Bonchev–Trinajstić information content (AvgIpc) is 2.31. The average molecular weight is 263 g/mol. The minimum Gasteiger partial charge on any atom is -0.442 e. The molecule has 0 amide bonds. The van der Waals surface area contributed by atoms with Crippen LogP contribution in [0.4, 0.5) is 5.69 Å². The number of fused-ring (bicyclic) bond motifs is 1. The molecule has 0 bridgehead atoms. The number of hydrogen-bond donors (Lipinski definition) is 1. The zero-order valence-electron chi connectivity index (χ0n) is 5.58. The molecule has 1 atom stereocenters. The number of ether oxygens (including phenoxy) is 2. The van der Waals surface area contributed by atoms with E-state index in [1.807, 2.05) is 34.7 Å². The van der Waals surface area contributed by atoms with Crippen molar-refractivity contribution in [2.75, 3.05) is 5.73 Å². The van der Waals surface area contributed by atoms with Crippen molar-refractivity contribution in [3.05, 3.63) is 18.2 Å². The molecule has 4 heteroatoms. The molecule has 2 rings (SSSR count). The van der Waals surface area contributed by atoms with Crippen LogP contribution in [0.25, 0.3) is 0 Å². The minimum atomic E-state index is -0.243. The molecule has 2 N–H and O–H groups in total. The lowest BCUT2D eigenvalue weighted by molar-refractivity contribution is 0.153. The lowest BCUT2D eigenvalue weighted by atomic mass is 10.3. The van der Waals surface area contributed by atoms with Crippen LogP contribution in [-0.2, 0) is 0 Å². The van der Waals surface area contributed by atoms with Crippen LogP contribution in [0.1, 0.15) is 0 Å². The fourth-order valence-corrected chi connectivity index (χ4v) is 1.50. The molecule has 1 heterocycles. The van der Waals surface area contributed by atoms with Gasteiger partial charge in [-0.2, -0.15) is 0 Å². The second-order valence-corrected chi connectivity index (χ2v) is 3.20. The Balaban J connectivity index is 2.49. The predicted molar refractivity (Wildman–Crippen MR) is 49.9 cm³/mol. The van der Waals surface area contributed by atoms with Crippen molar-refractivity contribution >= 4 is 28.3 Å². The van der Waals surface area contributed by atoms with Gasteiger partial charge in [0.15, 0.2) is 11.5 Å². The first-order valence-electron chi connectivity index (χ1n) is 3.13. The summed E-state index contributed by atoms with van der Waals surface area (Å²) in [5.74, 6) is 1.39. The van der Waals surface area contributed by atoms with Crippen molar-refractivity contribution in [1.29, 1.82) is 0 Å². The molecule has 0 radical (unpaired) electrons. The molecule has 0 fully saturated rings. The Bertz CT molecular complexity index is 290. The van der Waals surface area contributed by atoms with Crippen LogP contribution >= 0.6 is 22.6 Å². The second-order valence-electron chi connectivity index (χ2n) is 2.18. The number of nitrogen functional groups attached to an aromatic ring is 1. The highest BCUT2D eigenvalue weighted by Crippen LogP contribution is 2.40. The van der Waals surface area contributed by atoms with E-state index in [2.05, 4.69) is 0 Å². The minimum absolute atomic E-state index is 0.243. The molecule has 1 aromatic rings. The van der Waals surface area contributed by atoms with Gasteiger partial charge in [0.05, 0.1) is 5.69 Å². The highest BCUT2D eigenvalue weighted by molar-refractivity contribution is 14.1. The van der Waals surface area contributed by atoms with Crippen LogP contribution in [-0.4, -0.2) is 4.30 Å². The number of rotatable bonds is 0. The van der Waals surface area contributed by atoms with Crippen molar-refractivity contribution in [3.63, 3.8) is 0 Å². The summed E-state index contributed by atoms with van der Waals surface area (Å²) in [6.07, 6.45) is 0. The third kappa shape index (κ3) is 1.11. The first kappa shape index (κ1) is 7.02. The Morgan fingerprint density at radius 2 is 2.18 bits per heavy atom. The van der Waals surface area contributed by atoms with Crippen molar-refractivity contribution in [2.24, 2.45) is 0 Å². The summed E-state index contributed by atoms with van der Waals surface area (Å²) in [6, 6.07) is 5.47. The van der Waals surface area contributed by atoms with Crippen LogP contribution in [0.15, 0.2) is 18.2 Å². The van der Waals surface area contributed by atoms with E-state index in [-0.39, 0.29) is 4.30 Å². The van der Waals surface area contributed by atoms with Crippen LogP contribution in [0.2, 0.25) is 0 Å². The van der Waals surface area contributed by atoms with Crippen molar-refractivity contribution < 1.29 is 9.47 Å². The first-order valence-corrected chi connectivity index (χ1v) is 4.38. The summed E-state index contributed by atoms with van der Waals surface area (Å²) in [4.78, 5) is 0. The summed E-state index contributed by atoms with van der Waals surface area (Å²) in [7, 11) is 0. The number of anilines is 1. The fraction of sp³-hybridized carbons (Fsp3) is 0.143. The van der Waals surface area contributed by atoms with E-state index in [0.717, 1.165) is 5.75 Å². The van der Waals surface area contributed by atoms with E-state index >= 15 is 0 Å². The van der Waals surface area contributed by atoms with E-state index in [4.69, 9.17) is 15.2 Å². The summed E-state index contributed by atoms with van der Waals surface area (Å²) < 4.78 is 10.3. The van der Waals surface area contributed by atoms with Gasteiger partial charge in [0.25, 0.3) is 4.30 Å². The van der Waals surface area contributed by atoms with Crippen LogP contribution in [0, 0.1) is 0 Å². The third-order valence-electron chi connectivity index (χ3n) is 1.44. The first-order chi connectivity index (χ1) is 5.27. The SMILES string of the molecule is Nc1cccc2c1OC(I)O2. The molecule has 1 aromatic carbocycles. The van der Waals surface area contributed by atoms with E-state index in [0.29, 0.717) is 11.4 Å². The van der Waals surface area contributed by atoms with Gasteiger partial charge in [0.1, 0.15) is 0 Å². The number of halogens is 1.